The molecule has 0 unspecified atom stereocenters. The van der Waals surface area contributed by atoms with Crippen molar-refractivity contribution in [1.82, 2.24) is 0 Å². The number of nitrogens with zero attached hydrogens (tertiary/aromatic N) is 1. The number of rotatable bonds is 5. The Labute approximate surface area is 115 Å². The Bertz CT molecular complexity index is 463. The Morgan fingerprint density at radius 2 is 2.05 bits per heavy atom. The number of hydrogen-bond acceptors (Lipinski definition) is 3. The molecule has 0 amide bonds. The fourth-order valence-electron chi connectivity index (χ4n) is 1.59. The van der Waals surface area contributed by atoms with E-state index in [1.54, 1.807) is 19.1 Å². The molecule has 0 atom stereocenters. The van der Waals surface area contributed by atoms with Crippen LogP contribution in [0.5, 0.6) is 0 Å². The highest BCUT2D eigenvalue weighted by molar-refractivity contribution is 7.80. The molecule has 19 heavy (non-hydrogen) atoms. The average molecular weight is 292 g/mol. The summed E-state index contributed by atoms with van der Waals surface area (Å²) < 4.78 is 42.9. The summed E-state index contributed by atoms with van der Waals surface area (Å²) in [5.74, 6) is 0. The van der Waals surface area contributed by atoms with Gasteiger partial charge in [-0.1, -0.05) is 12.2 Å². The zero-order valence-electron chi connectivity index (χ0n) is 10.6. The number of likely N-dealkylation sites (N-methyl/N-ethyl adjacent to an activating group) is 1. The second-order valence-corrected chi connectivity index (χ2v) is 4.45. The first-order chi connectivity index (χ1) is 8.77. The van der Waals surface area contributed by atoms with E-state index >= 15 is 0 Å². The lowest BCUT2D eigenvalue weighted by molar-refractivity contribution is -0.137. The maximum absolute atomic E-state index is 12.6. The lowest BCUT2D eigenvalue weighted by Gasteiger charge is -2.22. The van der Waals surface area contributed by atoms with E-state index in [2.05, 4.69) is 0 Å². The highest BCUT2D eigenvalue weighted by atomic mass is 32.1. The quantitative estimate of drug-likeness (QED) is 0.846. The topological polar surface area (TPSA) is 38.5 Å². The molecule has 2 N–H and O–H groups in total. The standard InChI is InChI=1S/C12H15F3N2OS/c1-17(5-6-18-2)10-4-3-8(12(13,14)15)7-9(10)11(16)19/h3-4,7H,5-6H2,1-2H3,(H2,16,19). The van der Waals surface area contributed by atoms with Crippen molar-refractivity contribution in [2.75, 3.05) is 32.2 Å². The van der Waals surface area contributed by atoms with Crippen molar-refractivity contribution >= 4 is 22.9 Å². The maximum Gasteiger partial charge on any atom is 0.416 e. The highest BCUT2D eigenvalue weighted by Crippen LogP contribution is 2.32. The molecule has 0 spiro atoms. The van der Waals surface area contributed by atoms with Crippen molar-refractivity contribution in [1.29, 1.82) is 0 Å². The van der Waals surface area contributed by atoms with Gasteiger partial charge in [-0.25, -0.2) is 0 Å². The molecule has 106 valence electrons. The molecular formula is C12H15F3N2OS. The molecule has 7 heteroatoms. The summed E-state index contributed by atoms with van der Waals surface area (Å²) in [5.41, 5.74) is 5.50. The first-order valence-electron chi connectivity index (χ1n) is 5.48. The van der Waals surface area contributed by atoms with E-state index in [0.717, 1.165) is 12.1 Å². The molecule has 0 aliphatic heterocycles. The fourth-order valence-corrected chi connectivity index (χ4v) is 1.75. The van der Waals surface area contributed by atoms with Gasteiger partial charge in [-0.15, -0.1) is 0 Å². The summed E-state index contributed by atoms with van der Waals surface area (Å²) in [6, 6.07) is 3.36. The molecule has 3 nitrogen and oxygen atoms in total. The molecule has 1 aromatic carbocycles. The van der Waals surface area contributed by atoms with Gasteiger partial charge in [0.2, 0.25) is 0 Å². The molecular weight excluding hydrogens is 277 g/mol. The SMILES string of the molecule is COCCN(C)c1ccc(C(F)(F)F)cc1C(N)=S. The molecule has 0 aliphatic rings. The molecule has 0 aliphatic carbocycles. The Morgan fingerprint density at radius 3 is 2.53 bits per heavy atom. The molecule has 1 rings (SSSR count). The van der Waals surface area contributed by atoms with Crippen LogP contribution in [0.3, 0.4) is 0 Å². The zero-order chi connectivity index (χ0) is 14.6. The van der Waals surface area contributed by atoms with E-state index in [9.17, 15) is 13.2 Å². The zero-order valence-corrected chi connectivity index (χ0v) is 11.4. The smallest absolute Gasteiger partial charge is 0.389 e. The van der Waals surface area contributed by atoms with Crippen LogP contribution in [0.2, 0.25) is 0 Å². The van der Waals surface area contributed by atoms with E-state index in [-0.39, 0.29) is 10.6 Å². The number of hydrogen-bond donors (Lipinski definition) is 1. The Kier molecular flexibility index (Phi) is 5.13. The number of methoxy groups -OCH3 is 1. The van der Waals surface area contributed by atoms with Crippen molar-refractivity contribution in [3.8, 4) is 0 Å². The van der Waals surface area contributed by atoms with Gasteiger partial charge >= 0.3 is 6.18 Å². The molecule has 0 saturated carbocycles. The molecule has 1 aromatic rings. The monoisotopic (exact) mass is 292 g/mol. The van der Waals surface area contributed by atoms with Gasteiger partial charge in [0.25, 0.3) is 0 Å². The van der Waals surface area contributed by atoms with Crippen LogP contribution in [0, 0.1) is 0 Å². The van der Waals surface area contributed by atoms with Crippen LogP contribution in [0.1, 0.15) is 11.1 Å². The van der Waals surface area contributed by atoms with Crippen LogP contribution in [-0.4, -0.2) is 32.3 Å². The summed E-state index contributed by atoms with van der Waals surface area (Å²) in [6.07, 6.45) is -4.41. The Morgan fingerprint density at radius 1 is 1.42 bits per heavy atom. The van der Waals surface area contributed by atoms with Crippen LogP contribution in [0.4, 0.5) is 18.9 Å². The molecule has 0 radical (unpaired) electrons. The van der Waals surface area contributed by atoms with E-state index in [4.69, 9.17) is 22.7 Å². The predicted octanol–water partition coefficient (Wildman–Crippen LogP) is 2.42. The van der Waals surface area contributed by atoms with Gasteiger partial charge in [0, 0.05) is 32.0 Å². The van der Waals surface area contributed by atoms with Gasteiger partial charge in [-0.3, -0.25) is 0 Å². The van der Waals surface area contributed by atoms with Gasteiger partial charge in [-0.2, -0.15) is 13.2 Å². The van der Waals surface area contributed by atoms with Crippen molar-refractivity contribution < 1.29 is 17.9 Å². The first kappa shape index (κ1) is 15.7. The molecule has 0 saturated heterocycles. The Hall–Kier alpha value is -1.34. The fraction of sp³-hybridized carbons (Fsp3) is 0.417. The number of anilines is 1. The van der Waals surface area contributed by atoms with Gasteiger partial charge in [-0.05, 0) is 18.2 Å². The van der Waals surface area contributed by atoms with Crippen molar-refractivity contribution in [2.45, 2.75) is 6.18 Å². The molecule has 0 heterocycles. The van der Waals surface area contributed by atoms with Gasteiger partial charge in [0.15, 0.2) is 0 Å². The number of ether oxygens (including phenoxy) is 1. The largest absolute Gasteiger partial charge is 0.416 e. The molecule has 0 aromatic heterocycles. The summed E-state index contributed by atoms with van der Waals surface area (Å²) >= 11 is 4.82. The van der Waals surface area contributed by atoms with E-state index in [1.165, 1.54) is 6.07 Å². The van der Waals surface area contributed by atoms with Crippen molar-refractivity contribution in [3.63, 3.8) is 0 Å². The maximum atomic E-state index is 12.6. The number of alkyl halides is 3. The third kappa shape index (κ3) is 4.07. The second kappa shape index (κ2) is 6.21. The van der Waals surface area contributed by atoms with Crippen LogP contribution >= 0.6 is 12.2 Å². The third-order valence-electron chi connectivity index (χ3n) is 2.63. The number of halogens is 3. The third-order valence-corrected chi connectivity index (χ3v) is 2.85. The minimum Gasteiger partial charge on any atom is -0.389 e. The van der Waals surface area contributed by atoms with Crippen molar-refractivity contribution in [2.24, 2.45) is 5.73 Å². The Balaban J connectivity index is 3.15. The summed E-state index contributed by atoms with van der Waals surface area (Å²) in [6.45, 7) is 0.978. The van der Waals surface area contributed by atoms with Crippen LogP contribution < -0.4 is 10.6 Å². The minimum atomic E-state index is -4.41. The second-order valence-electron chi connectivity index (χ2n) is 4.01. The van der Waals surface area contributed by atoms with Crippen molar-refractivity contribution in [3.05, 3.63) is 29.3 Å². The van der Waals surface area contributed by atoms with E-state index < -0.39 is 11.7 Å². The predicted molar refractivity (Wildman–Crippen MR) is 72.5 cm³/mol. The lowest BCUT2D eigenvalue weighted by atomic mass is 10.1. The normalized spacial score (nSPS) is 11.4. The molecule has 0 bridgehead atoms. The molecule has 0 fully saturated rings. The minimum absolute atomic E-state index is 0.0645. The lowest BCUT2D eigenvalue weighted by Crippen LogP contribution is -2.26. The van der Waals surface area contributed by atoms with E-state index in [1.807, 2.05) is 0 Å². The first-order valence-corrected chi connectivity index (χ1v) is 5.89. The summed E-state index contributed by atoms with van der Waals surface area (Å²) in [5, 5.41) is 0. The average Bonchev–Trinajstić information content (AvgIpc) is 2.34. The van der Waals surface area contributed by atoms with Crippen LogP contribution in [-0.2, 0) is 10.9 Å². The van der Waals surface area contributed by atoms with Crippen LogP contribution in [0.15, 0.2) is 18.2 Å². The van der Waals surface area contributed by atoms with Gasteiger partial charge in [0.1, 0.15) is 4.99 Å². The van der Waals surface area contributed by atoms with Gasteiger partial charge in [0.05, 0.1) is 12.2 Å². The van der Waals surface area contributed by atoms with Gasteiger partial charge < -0.3 is 15.4 Å². The number of nitrogens with two attached hydrogens (primary N) is 1. The summed E-state index contributed by atoms with van der Waals surface area (Å²) in [4.78, 5) is 1.68. The number of thiocarbonyl (C=S) groups is 1. The summed E-state index contributed by atoms with van der Waals surface area (Å²) in [7, 11) is 3.29. The van der Waals surface area contributed by atoms with Crippen LogP contribution in [0.25, 0.3) is 0 Å². The van der Waals surface area contributed by atoms with E-state index in [0.29, 0.717) is 18.8 Å². The highest BCUT2D eigenvalue weighted by Gasteiger charge is 2.31. The number of benzene rings is 1.